The molecule has 1 atom stereocenters. The number of ether oxygens (including phenoxy) is 1. The van der Waals surface area contributed by atoms with Gasteiger partial charge in [0.2, 0.25) is 0 Å². The van der Waals surface area contributed by atoms with Crippen LogP contribution in [0, 0.1) is 6.92 Å². The monoisotopic (exact) mass is 206 g/mol. The van der Waals surface area contributed by atoms with Crippen LogP contribution in [0.15, 0.2) is 30.9 Å². The summed E-state index contributed by atoms with van der Waals surface area (Å²) in [6.45, 7) is 5.64. The largest absolute Gasteiger partial charge is 0.496 e. The van der Waals surface area contributed by atoms with E-state index in [1.807, 2.05) is 25.1 Å². The summed E-state index contributed by atoms with van der Waals surface area (Å²) in [4.78, 5) is 0. The van der Waals surface area contributed by atoms with Crippen molar-refractivity contribution >= 4 is 0 Å². The smallest absolute Gasteiger partial charge is 0.122 e. The molecule has 0 bridgehead atoms. The van der Waals surface area contributed by atoms with Crippen LogP contribution >= 0.6 is 0 Å². The number of aliphatic hydroxyl groups is 1. The second-order valence-corrected chi connectivity index (χ2v) is 3.70. The van der Waals surface area contributed by atoms with Crippen molar-refractivity contribution in [3.8, 4) is 5.75 Å². The zero-order valence-electron chi connectivity index (χ0n) is 9.36. The fourth-order valence-corrected chi connectivity index (χ4v) is 1.60. The SMILES string of the molecule is C=CCC(O)Cc1cc(C)ccc1OC. The van der Waals surface area contributed by atoms with Crippen molar-refractivity contribution in [2.24, 2.45) is 0 Å². The molecule has 2 heteroatoms. The average Bonchev–Trinajstić information content (AvgIpc) is 2.18. The molecule has 0 aromatic heterocycles. The van der Waals surface area contributed by atoms with Crippen LogP contribution in [0.5, 0.6) is 5.75 Å². The molecule has 1 N–H and O–H groups in total. The van der Waals surface area contributed by atoms with E-state index in [-0.39, 0.29) is 6.10 Å². The van der Waals surface area contributed by atoms with Gasteiger partial charge < -0.3 is 9.84 Å². The molecule has 1 aromatic carbocycles. The Morgan fingerprint density at radius 1 is 1.53 bits per heavy atom. The summed E-state index contributed by atoms with van der Waals surface area (Å²) >= 11 is 0. The number of aliphatic hydroxyl groups excluding tert-OH is 1. The first-order valence-corrected chi connectivity index (χ1v) is 5.10. The van der Waals surface area contributed by atoms with E-state index in [0.29, 0.717) is 12.8 Å². The Bertz CT molecular complexity index is 331. The Kier molecular flexibility index (Phi) is 4.37. The molecule has 2 nitrogen and oxygen atoms in total. The second kappa shape index (κ2) is 5.56. The molecule has 82 valence electrons. The van der Waals surface area contributed by atoms with Gasteiger partial charge in [-0.15, -0.1) is 6.58 Å². The minimum Gasteiger partial charge on any atom is -0.496 e. The van der Waals surface area contributed by atoms with E-state index in [4.69, 9.17) is 4.74 Å². The highest BCUT2D eigenvalue weighted by atomic mass is 16.5. The van der Waals surface area contributed by atoms with Crippen molar-refractivity contribution in [3.63, 3.8) is 0 Å². The van der Waals surface area contributed by atoms with Gasteiger partial charge in [-0.1, -0.05) is 23.8 Å². The molecule has 1 rings (SSSR count). The normalized spacial score (nSPS) is 12.2. The second-order valence-electron chi connectivity index (χ2n) is 3.70. The maximum atomic E-state index is 9.69. The minimum atomic E-state index is -0.377. The molecular formula is C13H18O2. The zero-order valence-corrected chi connectivity index (χ0v) is 9.36. The Morgan fingerprint density at radius 3 is 2.87 bits per heavy atom. The van der Waals surface area contributed by atoms with Crippen molar-refractivity contribution in [1.82, 2.24) is 0 Å². The van der Waals surface area contributed by atoms with Gasteiger partial charge in [0.05, 0.1) is 13.2 Å². The quantitative estimate of drug-likeness (QED) is 0.750. The topological polar surface area (TPSA) is 29.5 Å². The lowest BCUT2D eigenvalue weighted by molar-refractivity contribution is 0.177. The minimum absolute atomic E-state index is 0.377. The van der Waals surface area contributed by atoms with Gasteiger partial charge in [0.15, 0.2) is 0 Å². The highest BCUT2D eigenvalue weighted by molar-refractivity contribution is 5.37. The number of hydrogen-bond acceptors (Lipinski definition) is 2. The van der Waals surface area contributed by atoms with E-state index in [0.717, 1.165) is 11.3 Å². The van der Waals surface area contributed by atoms with Crippen molar-refractivity contribution in [2.75, 3.05) is 7.11 Å². The summed E-state index contributed by atoms with van der Waals surface area (Å²) in [7, 11) is 1.65. The van der Waals surface area contributed by atoms with Gasteiger partial charge in [-0.3, -0.25) is 0 Å². The molecule has 0 radical (unpaired) electrons. The third-order valence-corrected chi connectivity index (χ3v) is 2.33. The average molecular weight is 206 g/mol. The van der Waals surface area contributed by atoms with Crippen molar-refractivity contribution in [2.45, 2.75) is 25.9 Å². The first-order valence-electron chi connectivity index (χ1n) is 5.10. The number of aryl methyl sites for hydroxylation is 1. The number of rotatable bonds is 5. The predicted octanol–water partition coefficient (Wildman–Crippen LogP) is 2.48. The van der Waals surface area contributed by atoms with Gasteiger partial charge in [-0.2, -0.15) is 0 Å². The molecule has 0 amide bonds. The van der Waals surface area contributed by atoms with E-state index >= 15 is 0 Å². The molecule has 1 unspecified atom stereocenters. The maximum absolute atomic E-state index is 9.69. The lowest BCUT2D eigenvalue weighted by Gasteiger charge is -2.12. The van der Waals surface area contributed by atoms with E-state index < -0.39 is 0 Å². The summed E-state index contributed by atoms with van der Waals surface area (Å²) in [5.41, 5.74) is 2.23. The van der Waals surface area contributed by atoms with Crippen LogP contribution in [-0.2, 0) is 6.42 Å². The molecule has 0 aliphatic heterocycles. The summed E-state index contributed by atoms with van der Waals surface area (Å²) in [6, 6.07) is 5.98. The van der Waals surface area contributed by atoms with Crippen LogP contribution in [0.2, 0.25) is 0 Å². The van der Waals surface area contributed by atoms with Gasteiger partial charge in [-0.25, -0.2) is 0 Å². The number of hydrogen-bond donors (Lipinski definition) is 1. The van der Waals surface area contributed by atoms with E-state index in [2.05, 4.69) is 6.58 Å². The molecule has 0 spiro atoms. The molecule has 0 aliphatic rings. The summed E-state index contributed by atoms with van der Waals surface area (Å²) in [6.07, 6.45) is 2.57. The summed E-state index contributed by atoms with van der Waals surface area (Å²) in [5, 5.41) is 9.69. The Balaban J connectivity index is 2.81. The standard InChI is InChI=1S/C13H18O2/c1-4-5-12(14)9-11-8-10(2)6-7-13(11)15-3/h4,6-8,12,14H,1,5,9H2,2-3H3. The van der Waals surface area contributed by atoms with Crippen LogP contribution in [0.4, 0.5) is 0 Å². The molecule has 0 aliphatic carbocycles. The summed E-state index contributed by atoms with van der Waals surface area (Å²) < 4.78 is 5.24. The Morgan fingerprint density at radius 2 is 2.27 bits per heavy atom. The van der Waals surface area contributed by atoms with Crippen LogP contribution in [0.1, 0.15) is 17.5 Å². The Labute approximate surface area is 91.2 Å². The zero-order chi connectivity index (χ0) is 11.3. The van der Waals surface area contributed by atoms with Gasteiger partial charge >= 0.3 is 0 Å². The first kappa shape index (κ1) is 11.8. The van der Waals surface area contributed by atoms with E-state index in [9.17, 15) is 5.11 Å². The third kappa shape index (κ3) is 3.40. The number of methoxy groups -OCH3 is 1. The van der Waals surface area contributed by atoms with Gasteiger partial charge in [0.25, 0.3) is 0 Å². The number of benzene rings is 1. The lowest BCUT2D eigenvalue weighted by Crippen LogP contribution is -2.10. The molecule has 1 aromatic rings. The van der Waals surface area contributed by atoms with Crippen LogP contribution in [0.25, 0.3) is 0 Å². The fourth-order valence-electron chi connectivity index (χ4n) is 1.60. The predicted molar refractivity (Wildman–Crippen MR) is 62.3 cm³/mol. The third-order valence-electron chi connectivity index (χ3n) is 2.33. The maximum Gasteiger partial charge on any atom is 0.122 e. The van der Waals surface area contributed by atoms with Gasteiger partial charge in [-0.05, 0) is 25.0 Å². The molecule has 0 fully saturated rings. The van der Waals surface area contributed by atoms with Crippen molar-refractivity contribution in [1.29, 1.82) is 0 Å². The lowest BCUT2D eigenvalue weighted by atomic mass is 10.0. The highest BCUT2D eigenvalue weighted by Crippen LogP contribution is 2.21. The van der Waals surface area contributed by atoms with Crippen molar-refractivity contribution < 1.29 is 9.84 Å². The van der Waals surface area contributed by atoms with Crippen molar-refractivity contribution in [3.05, 3.63) is 42.0 Å². The van der Waals surface area contributed by atoms with Gasteiger partial charge in [0, 0.05) is 6.42 Å². The molecule has 15 heavy (non-hydrogen) atoms. The van der Waals surface area contributed by atoms with Crippen LogP contribution < -0.4 is 4.74 Å². The molecule has 0 saturated carbocycles. The highest BCUT2D eigenvalue weighted by Gasteiger charge is 2.08. The fraction of sp³-hybridized carbons (Fsp3) is 0.385. The molecular weight excluding hydrogens is 188 g/mol. The molecule has 0 saturated heterocycles. The van der Waals surface area contributed by atoms with Crippen LogP contribution in [0.3, 0.4) is 0 Å². The molecule has 0 heterocycles. The Hall–Kier alpha value is -1.28. The summed E-state index contributed by atoms with van der Waals surface area (Å²) in [5.74, 6) is 0.837. The first-order chi connectivity index (χ1) is 7.17. The van der Waals surface area contributed by atoms with E-state index in [1.165, 1.54) is 5.56 Å². The van der Waals surface area contributed by atoms with Crippen LogP contribution in [-0.4, -0.2) is 18.3 Å². The van der Waals surface area contributed by atoms with Gasteiger partial charge in [0.1, 0.15) is 5.75 Å². The van der Waals surface area contributed by atoms with E-state index in [1.54, 1.807) is 13.2 Å².